The van der Waals surface area contributed by atoms with Gasteiger partial charge in [0, 0.05) is 18.3 Å². The molecule has 0 saturated carbocycles. The Bertz CT molecular complexity index is 761. The Labute approximate surface area is 132 Å². The predicted molar refractivity (Wildman–Crippen MR) is 85.7 cm³/mol. The Morgan fingerprint density at radius 1 is 1.27 bits per heavy atom. The van der Waals surface area contributed by atoms with E-state index in [-0.39, 0.29) is 17.2 Å². The lowest BCUT2D eigenvalue weighted by atomic mass is 10.1. The number of hydrogen-bond acceptors (Lipinski definition) is 5. The number of fused-ring (bicyclic) bond motifs is 1. The van der Waals surface area contributed by atoms with Crippen molar-refractivity contribution in [2.45, 2.75) is 0 Å². The Balaban J connectivity index is 2.23. The molecule has 1 aromatic heterocycles. The number of nitrogens with zero attached hydrogens (tertiary/aromatic N) is 3. The van der Waals surface area contributed by atoms with Gasteiger partial charge < -0.3 is 10.2 Å². The summed E-state index contributed by atoms with van der Waals surface area (Å²) in [6.07, 6.45) is 0. The number of hydrogen-bond donors (Lipinski definition) is 1. The molecule has 0 amide bonds. The van der Waals surface area contributed by atoms with E-state index in [1.165, 1.54) is 0 Å². The maximum absolute atomic E-state index is 11.4. The summed E-state index contributed by atoms with van der Waals surface area (Å²) in [6.45, 7) is 0.119. The zero-order chi connectivity index (χ0) is 15.7. The fourth-order valence-electron chi connectivity index (χ4n) is 2.53. The van der Waals surface area contributed by atoms with Gasteiger partial charge in [0.2, 0.25) is 0 Å². The number of nitrogens with one attached hydrogen (secondary N) is 1. The third-order valence-corrected chi connectivity index (χ3v) is 3.71. The number of rotatable bonds is 3. The SMILES string of the molecule is CNC1=C([N+](=O)[O-])CN(c2ccccc2)c2nc(Cl)ccc21. The molecule has 2 heterocycles. The van der Waals surface area contributed by atoms with Crippen molar-refractivity contribution in [1.82, 2.24) is 10.3 Å². The van der Waals surface area contributed by atoms with E-state index in [4.69, 9.17) is 11.6 Å². The first-order chi connectivity index (χ1) is 10.6. The maximum atomic E-state index is 11.4. The number of para-hydroxylation sites is 1. The molecule has 0 fully saturated rings. The third kappa shape index (κ3) is 2.37. The summed E-state index contributed by atoms with van der Waals surface area (Å²) in [6, 6.07) is 12.8. The molecular formula is C15H13ClN4O2. The molecule has 1 aliphatic rings. The highest BCUT2D eigenvalue weighted by molar-refractivity contribution is 6.29. The van der Waals surface area contributed by atoms with Gasteiger partial charge in [-0.2, -0.15) is 0 Å². The minimum Gasteiger partial charge on any atom is -0.382 e. The maximum Gasteiger partial charge on any atom is 0.289 e. The van der Waals surface area contributed by atoms with E-state index in [1.54, 1.807) is 24.1 Å². The van der Waals surface area contributed by atoms with E-state index < -0.39 is 0 Å². The van der Waals surface area contributed by atoms with Crippen molar-refractivity contribution in [2.24, 2.45) is 0 Å². The molecule has 0 radical (unpaired) electrons. The summed E-state index contributed by atoms with van der Waals surface area (Å²) >= 11 is 6.01. The van der Waals surface area contributed by atoms with Crippen LogP contribution in [0.15, 0.2) is 48.2 Å². The van der Waals surface area contributed by atoms with Crippen molar-refractivity contribution < 1.29 is 4.92 Å². The van der Waals surface area contributed by atoms with Gasteiger partial charge in [0.15, 0.2) is 0 Å². The molecule has 112 valence electrons. The minimum absolute atomic E-state index is 0.1000. The van der Waals surface area contributed by atoms with Gasteiger partial charge in [0.1, 0.15) is 23.2 Å². The first-order valence-corrected chi connectivity index (χ1v) is 7.04. The van der Waals surface area contributed by atoms with Crippen LogP contribution in [-0.2, 0) is 0 Å². The smallest absolute Gasteiger partial charge is 0.289 e. The van der Waals surface area contributed by atoms with Crippen LogP contribution in [0.1, 0.15) is 5.56 Å². The van der Waals surface area contributed by atoms with Crippen molar-refractivity contribution in [1.29, 1.82) is 0 Å². The number of anilines is 2. The fraction of sp³-hybridized carbons (Fsp3) is 0.133. The average molecular weight is 317 g/mol. The topological polar surface area (TPSA) is 71.3 Å². The average Bonchev–Trinajstić information content (AvgIpc) is 2.53. The van der Waals surface area contributed by atoms with Crippen LogP contribution in [0.25, 0.3) is 5.70 Å². The third-order valence-electron chi connectivity index (χ3n) is 3.50. The van der Waals surface area contributed by atoms with Crippen molar-refractivity contribution in [2.75, 3.05) is 18.5 Å². The molecule has 6 nitrogen and oxygen atoms in total. The molecule has 0 spiro atoms. The molecular weight excluding hydrogens is 304 g/mol. The largest absolute Gasteiger partial charge is 0.382 e. The monoisotopic (exact) mass is 316 g/mol. The van der Waals surface area contributed by atoms with Crippen LogP contribution in [0.4, 0.5) is 11.5 Å². The molecule has 2 aromatic rings. The fourth-order valence-corrected chi connectivity index (χ4v) is 2.68. The van der Waals surface area contributed by atoms with Crippen molar-refractivity contribution in [3.8, 4) is 0 Å². The Morgan fingerprint density at radius 2 is 2.00 bits per heavy atom. The van der Waals surface area contributed by atoms with E-state index in [0.717, 1.165) is 5.69 Å². The lowest BCUT2D eigenvalue weighted by Gasteiger charge is -2.29. The predicted octanol–water partition coefficient (Wildman–Crippen LogP) is 3.05. The Morgan fingerprint density at radius 3 is 2.64 bits per heavy atom. The lowest BCUT2D eigenvalue weighted by Crippen LogP contribution is -2.32. The van der Waals surface area contributed by atoms with Gasteiger partial charge in [-0.1, -0.05) is 29.8 Å². The standard InChI is InChI=1S/C15H13ClN4O2/c1-17-14-11-7-8-13(16)18-15(11)19(9-12(14)20(21)22)10-5-3-2-4-6-10/h2-8,17H,9H2,1H3. The van der Waals surface area contributed by atoms with Crippen LogP contribution in [-0.4, -0.2) is 23.5 Å². The van der Waals surface area contributed by atoms with E-state index in [1.807, 2.05) is 30.3 Å². The van der Waals surface area contributed by atoms with Gasteiger partial charge in [0.05, 0.1) is 4.92 Å². The summed E-state index contributed by atoms with van der Waals surface area (Å²) in [5, 5.41) is 14.7. The van der Waals surface area contributed by atoms with E-state index in [0.29, 0.717) is 22.2 Å². The first kappa shape index (κ1) is 14.3. The van der Waals surface area contributed by atoms with Crippen molar-refractivity contribution >= 4 is 28.8 Å². The molecule has 0 bridgehead atoms. The number of halogens is 1. The van der Waals surface area contributed by atoms with E-state index in [9.17, 15) is 10.1 Å². The van der Waals surface area contributed by atoms with Gasteiger partial charge in [-0.25, -0.2) is 4.98 Å². The van der Waals surface area contributed by atoms with Gasteiger partial charge in [0.25, 0.3) is 5.70 Å². The van der Waals surface area contributed by atoms with Crippen molar-refractivity contribution in [3.63, 3.8) is 0 Å². The summed E-state index contributed by atoms with van der Waals surface area (Å²) in [5.41, 5.74) is 2.06. The number of benzene rings is 1. The number of aromatic nitrogens is 1. The summed E-state index contributed by atoms with van der Waals surface area (Å²) < 4.78 is 0. The van der Waals surface area contributed by atoms with Gasteiger partial charge in [-0.3, -0.25) is 10.1 Å². The summed E-state index contributed by atoms with van der Waals surface area (Å²) in [7, 11) is 1.66. The second-order valence-electron chi connectivity index (χ2n) is 4.76. The molecule has 1 N–H and O–H groups in total. The molecule has 7 heteroatoms. The molecule has 22 heavy (non-hydrogen) atoms. The quantitative estimate of drug-likeness (QED) is 0.535. The van der Waals surface area contributed by atoms with Crippen LogP contribution >= 0.6 is 11.6 Å². The molecule has 0 saturated heterocycles. The van der Waals surface area contributed by atoms with Crippen LogP contribution in [0.5, 0.6) is 0 Å². The summed E-state index contributed by atoms with van der Waals surface area (Å²) in [5.74, 6) is 0.605. The lowest BCUT2D eigenvalue weighted by molar-refractivity contribution is -0.424. The zero-order valence-electron chi connectivity index (χ0n) is 11.8. The van der Waals surface area contributed by atoms with Crippen LogP contribution < -0.4 is 10.2 Å². The number of nitro groups is 1. The summed E-state index contributed by atoms with van der Waals surface area (Å²) in [4.78, 5) is 17.2. The second kappa shape index (κ2) is 5.65. The minimum atomic E-state index is -0.362. The Kier molecular flexibility index (Phi) is 3.68. The van der Waals surface area contributed by atoms with Crippen LogP contribution in [0.3, 0.4) is 0 Å². The normalized spacial score (nSPS) is 13.8. The molecule has 0 unspecified atom stereocenters. The van der Waals surface area contributed by atoms with Gasteiger partial charge in [-0.05, 0) is 24.3 Å². The molecule has 0 aliphatic carbocycles. The van der Waals surface area contributed by atoms with Crippen LogP contribution in [0, 0.1) is 10.1 Å². The zero-order valence-corrected chi connectivity index (χ0v) is 12.5. The molecule has 3 rings (SSSR count). The van der Waals surface area contributed by atoms with E-state index >= 15 is 0 Å². The van der Waals surface area contributed by atoms with E-state index in [2.05, 4.69) is 10.3 Å². The Hall–Kier alpha value is -2.60. The molecule has 0 atom stereocenters. The van der Waals surface area contributed by atoms with Crippen LogP contribution in [0.2, 0.25) is 5.15 Å². The van der Waals surface area contributed by atoms with Crippen molar-refractivity contribution in [3.05, 3.63) is 69.0 Å². The van der Waals surface area contributed by atoms with Gasteiger partial charge in [-0.15, -0.1) is 0 Å². The highest BCUT2D eigenvalue weighted by Crippen LogP contribution is 2.37. The van der Waals surface area contributed by atoms with Gasteiger partial charge >= 0.3 is 0 Å². The molecule has 1 aromatic carbocycles. The highest BCUT2D eigenvalue weighted by Gasteiger charge is 2.33. The second-order valence-corrected chi connectivity index (χ2v) is 5.14. The first-order valence-electron chi connectivity index (χ1n) is 6.66. The number of pyridine rings is 1. The molecule has 1 aliphatic heterocycles. The highest BCUT2D eigenvalue weighted by atomic mass is 35.5.